The summed E-state index contributed by atoms with van der Waals surface area (Å²) in [6.45, 7) is 3.37. The van der Waals surface area contributed by atoms with Crippen LogP contribution in [0, 0.1) is 5.92 Å². The number of carbonyl (C=O) groups excluding carboxylic acids is 2. The van der Waals surface area contributed by atoms with Crippen LogP contribution in [-0.4, -0.2) is 40.0 Å². The van der Waals surface area contributed by atoms with Crippen LogP contribution in [0.3, 0.4) is 0 Å². The molecule has 0 saturated heterocycles. The van der Waals surface area contributed by atoms with Crippen LogP contribution in [0.2, 0.25) is 0 Å². The average Bonchev–Trinajstić information content (AvgIpc) is 2.43. The summed E-state index contributed by atoms with van der Waals surface area (Å²) in [6, 6.07) is 0. The summed E-state index contributed by atoms with van der Waals surface area (Å²) in [5.74, 6) is -3.02. The summed E-state index contributed by atoms with van der Waals surface area (Å²) in [5.41, 5.74) is -2.64. The van der Waals surface area contributed by atoms with Crippen molar-refractivity contribution in [2.24, 2.45) is 5.92 Å². The van der Waals surface area contributed by atoms with Crippen molar-refractivity contribution in [3.63, 3.8) is 0 Å². The van der Waals surface area contributed by atoms with Gasteiger partial charge in [0.15, 0.2) is 0 Å². The van der Waals surface area contributed by atoms with Gasteiger partial charge in [0.25, 0.3) is 0 Å². The Balaban J connectivity index is 6.04. The number of hydrogen-bond donors (Lipinski definition) is 3. The van der Waals surface area contributed by atoms with Gasteiger partial charge in [-0.05, 0) is 12.8 Å². The molecule has 0 radical (unpaired) electrons. The van der Waals surface area contributed by atoms with E-state index >= 15 is 0 Å². The van der Waals surface area contributed by atoms with Crippen molar-refractivity contribution < 1.29 is 29.4 Å². The van der Waals surface area contributed by atoms with Crippen LogP contribution in [-0.2, 0) is 19.2 Å². The molecule has 2 atom stereocenters. The summed E-state index contributed by atoms with van der Waals surface area (Å²) < 4.78 is 0. The number of carboxylic acids is 2. The first kappa shape index (κ1) is 18.6. The third-order valence-corrected chi connectivity index (χ3v) is 3.22. The van der Waals surface area contributed by atoms with E-state index in [2.05, 4.69) is 5.32 Å². The van der Waals surface area contributed by atoms with Crippen LogP contribution in [0.15, 0.2) is 17.7 Å². The van der Waals surface area contributed by atoms with Gasteiger partial charge in [0.05, 0.1) is 5.92 Å². The predicted molar refractivity (Wildman–Crippen MR) is 74.2 cm³/mol. The Bertz CT molecular complexity index is 478. The van der Waals surface area contributed by atoms with Crippen LogP contribution in [0.4, 0.5) is 0 Å². The number of carboxylic acid groups (broad SMARTS) is 2. The fourth-order valence-corrected chi connectivity index (χ4v) is 2.01. The van der Waals surface area contributed by atoms with Crippen molar-refractivity contribution >= 4 is 24.3 Å². The highest BCUT2D eigenvalue weighted by Gasteiger charge is 2.47. The second-order valence-electron chi connectivity index (χ2n) is 4.41. The molecule has 0 spiro atoms. The zero-order valence-electron chi connectivity index (χ0n) is 12.0. The van der Waals surface area contributed by atoms with Gasteiger partial charge in [-0.25, -0.2) is 14.4 Å². The molecule has 0 aromatic rings. The van der Waals surface area contributed by atoms with E-state index in [9.17, 15) is 24.3 Å². The predicted octanol–water partition coefficient (Wildman–Crippen LogP) is 0.781. The average molecular weight is 297 g/mol. The Hall–Kier alpha value is -2.40. The molecule has 0 bridgehead atoms. The lowest BCUT2D eigenvalue weighted by Gasteiger charge is -2.33. The van der Waals surface area contributed by atoms with Crippen LogP contribution in [0.5, 0.6) is 0 Å². The molecular weight excluding hydrogens is 278 g/mol. The van der Waals surface area contributed by atoms with Crippen LogP contribution < -0.4 is 5.32 Å². The Morgan fingerprint density at radius 3 is 2.29 bits per heavy atom. The van der Waals surface area contributed by atoms with Gasteiger partial charge in [-0.2, -0.15) is 0 Å². The molecule has 0 aromatic heterocycles. The Labute approximate surface area is 122 Å². The van der Waals surface area contributed by atoms with Crippen LogP contribution >= 0.6 is 0 Å². The van der Waals surface area contributed by atoms with E-state index in [-0.39, 0.29) is 12.8 Å². The number of aliphatic carboxylic acids is 2. The Morgan fingerprint density at radius 2 is 1.95 bits per heavy atom. The van der Waals surface area contributed by atoms with Gasteiger partial charge in [0.1, 0.15) is 17.1 Å². The number of unbranched alkanes of at least 4 members (excludes halogenated alkanes) is 1. The quantitative estimate of drug-likeness (QED) is 0.237. The standard InChI is InChI=1S/C14H19NO6/c1-3-5-6-7-11(10(8-16)12(18)19)14(4-2,13(20)21)15-9-17/h6-7,9,11H,3-5H2,1-2H3,(H,15,17)(H,18,19)(H,20,21). The smallest absolute Gasteiger partial charge is 0.343 e. The zero-order valence-corrected chi connectivity index (χ0v) is 12.0. The molecule has 0 heterocycles. The lowest BCUT2D eigenvalue weighted by Crippen LogP contribution is -2.57. The number of hydrogen-bond acceptors (Lipinski definition) is 4. The third-order valence-electron chi connectivity index (χ3n) is 3.22. The van der Waals surface area contributed by atoms with Gasteiger partial charge < -0.3 is 15.5 Å². The molecule has 7 nitrogen and oxygen atoms in total. The summed E-state index contributed by atoms with van der Waals surface area (Å²) in [6.07, 6.45) is 4.35. The number of nitrogens with one attached hydrogen (secondary N) is 1. The Morgan fingerprint density at radius 1 is 1.33 bits per heavy atom. The molecule has 0 aliphatic carbocycles. The minimum Gasteiger partial charge on any atom is -0.479 e. The van der Waals surface area contributed by atoms with Gasteiger partial charge in [0, 0.05) is 0 Å². The number of rotatable bonds is 10. The topological polar surface area (TPSA) is 121 Å². The first-order valence-electron chi connectivity index (χ1n) is 6.50. The highest BCUT2D eigenvalue weighted by atomic mass is 16.4. The molecule has 0 aliphatic heterocycles. The lowest BCUT2D eigenvalue weighted by atomic mass is 9.76. The molecule has 3 N–H and O–H groups in total. The minimum absolute atomic E-state index is 0.0966. The summed E-state index contributed by atoms with van der Waals surface area (Å²) >= 11 is 0. The van der Waals surface area contributed by atoms with Crippen LogP contribution in [0.1, 0.15) is 33.1 Å². The number of amides is 1. The van der Waals surface area contributed by atoms with Crippen LogP contribution in [0.25, 0.3) is 0 Å². The van der Waals surface area contributed by atoms with E-state index in [0.29, 0.717) is 6.42 Å². The highest BCUT2D eigenvalue weighted by Crippen LogP contribution is 2.29. The second-order valence-corrected chi connectivity index (χ2v) is 4.41. The van der Waals surface area contributed by atoms with Crippen molar-refractivity contribution in [2.45, 2.75) is 38.6 Å². The van der Waals surface area contributed by atoms with Gasteiger partial charge in [-0.1, -0.05) is 32.4 Å². The van der Waals surface area contributed by atoms with E-state index in [1.54, 1.807) is 6.08 Å². The van der Waals surface area contributed by atoms with Crippen molar-refractivity contribution in [3.05, 3.63) is 17.7 Å². The maximum Gasteiger partial charge on any atom is 0.343 e. The van der Waals surface area contributed by atoms with E-state index in [0.717, 1.165) is 6.42 Å². The molecule has 1 amide bonds. The van der Waals surface area contributed by atoms with E-state index in [1.165, 1.54) is 18.9 Å². The minimum atomic E-state index is -1.91. The van der Waals surface area contributed by atoms with E-state index in [1.807, 2.05) is 6.92 Å². The summed E-state index contributed by atoms with van der Waals surface area (Å²) in [4.78, 5) is 44.4. The van der Waals surface area contributed by atoms with Crippen molar-refractivity contribution in [2.75, 3.05) is 0 Å². The first-order chi connectivity index (χ1) is 9.91. The maximum absolute atomic E-state index is 11.6. The van der Waals surface area contributed by atoms with Gasteiger partial charge in [-0.3, -0.25) is 4.79 Å². The maximum atomic E-state index is 11.6. The lowest BCUT2D eigenvalue weighted by molar-refractivity contribution is -0.148. The van der Waals surface area contributed by atoms with Crippen molar-refractivity contribution in [1.29, 1.82) is 0 Å². The van der Waals surface area contributed by atoms with Gasteiger partial charge in [0.2, 0.25) is 6.41 Å². The zero-order chi connectivity index (χ0) is 16.5. The number of allylic oxidation sites excluding steroid dienone is 1. The molecule has 0 saturated carbocycles. The molecular formula is C14H19NO6. The SMILES string of the molecule is CCCC=CC(C(=C=O)C(=O)O)C(CC)(NC=O)C(=O)O. The first-order valence-corrected chi connectivity index (χ1v) is 6.50. The highest BCUT2D eigenvalue weighted by molar-refractivity contribution is 5.98. The number of carbonyl (C=O) groups is 3. The molecule has 2 unspecified atom stereocenters. The van der Waals surface area contributed by atoms with Crippen molar-refractivity contribution in [1.82, 2.24) is 5.32 Å². The monoisotopic (exact) mass is 297 g/mol. The molecule has 7 heteroatoms. The fourth-order valence-electron chi connectivity index (χ4n) is 2.01. The molecule has 21 heavy (non-hydrogen) atoms. The second kappa shape index (κ2) is 8.71. The largest absolute Gasteiger partial charge is 0.479 e. The normalized spacial score (nSPS) is 14.8. The molecule has 0 aromatic carbocycles. The van der Waals surface area contributed by atoms with Gasteiger partial charge in [-0.15, -0.1) is 0 Å². The molecule has 0 rings (SSSR count). The van der Waals surface area contributed by atoms with Gasteiger partial charge >= 0.3 is 11.9 Å². The fraction of sp³-hybridized carbons (Fsp3) is 0.500. The Kier molecular flexibility index (Phi) is 7.71. The van der Waals surface area contributed by atoms with E-state index in [4.69, 9.17) is 5.11 Å². The summed E-state index contributed by atoms with van der Waals surface area (Å²) in [5, 5.41) is 20.6. The molecule has 0 aliphatic rings. The third kappa shape index (κ3) is 4.29. The molecule has 116 valence electrons. The van der Waals surface area contributed by atoms with Crippen molar-refractivity contribution in [3.8, 4) is 0 Å². The summed E-state index contributed by atoms with van der Waals surface area (Å²) in [7, 11) is 0. The van der Waals surface area contributed by atoms with E-state index < -0.39 is 29.0 Å². The molecule has 0 fully saturated rings.